The number of carbonyl (C=O) groups excluding carboxylic acids is 2. The number of amides is 2. The maximum absolute atomic E-state index is 13.1. The second-order valence-corrected chi connectivity index (χ2v) is 9.95. The number of ether oxygens (including phenoxy) is 1. The molecule has 7 heteroatoms. The molecule has 2 atom stereocenters. The first-order valence-electron chi connectivity index (χ1n) is 12.6. The normalized spacial score (nSPS) is 20.0. The van der Waals surface area contributed by atoms with E-state index in [4.69, 9.17) is 9.84 Å². The molecule has 1 unspecified atom stereocenters. The van der Waals surface area contributed by atoms with Gasteiger partial charge in [-0.15, -0.1) is 0 Å². The number of carboxylic acid groups (broad SMARTS) is 1. The Kier molecular flexibility index (Phi) is 6.75. The molecular weight excluding hydrogens is 444 g/mol. The molecule has 2 aromatic rings. The standard InChI is InChI=1S/C28H32N2O5/c31-26(30-14-6-9-19(30)15-27(32)33)16-25(18-7-5-8-18)29-28(34)35-17-24-22-12-3-1-10-20(22)21-11-2-4-13-23(21)24/h1-4,10-13,18-19,24-25H,5-9,14-17H2,(H,29,34)(H,32,33)/t19-,25?/m1/s1. The molecule has 2 N–H and O–H groups in total. The van der Waals surface area contributed by atoms with Crippen LogP contribution < -0.4 is 5.32 Å². The minimum atomic E-state index is -0.887. The number of benzene rings is 2. The van der Waals surface area contributed by atoms with Gasteiger partial charge in [0.2, 0.25) is 5.91 Å². The van der Waals surface area contributed by atoms with Gasteiger partial charge in [0.1, 0.15) is 6.61 Å². The molecule has 2 aromatic carbocycles. The van der Waals surface area contributed by atoms with Gasteiger partial charge in [0.25, 0.3) is 0 Å². The Bertz CT molecular complexity index is 1070. The number of nitrogens with one attached hydrogen (secondary N) is 1. The molecule has 0 aromatic heterocycles. The van der Waals surface area contributed by atoms with Crippen LogP contribution >= 0.6 is 0 Å². The first kappa shape index (κ1) is 23.4. The van der Waals surface area contributed by atoms with Crippen LogP contribution in [0.5, 0.6) is 0 Å². The predicted molar refractivity (Wildman–Crippen MR) is 131 cm³/mol. The van der Waals surface area contributed by atoms with Gasteiger partial charge in [0.15, 0.2) is 0 Å². The molecule has 1 saturated heterocycles. The van der Waals surface area contributed by atoms with Crippen molar-refractivity contribution in [2.45, 2.75) is 62.9 Å². The molecule has 1 saturated carbocycles. The smallest absolute Gasteiger partial charge is 0.407 e. The van der Waals surface area contributed by atoms with E-state index < -0.39 is 12.1 Å². The Hall–Kier alpha value is -3.35. The number of fused-ring (bicyclic) bond motifs is 3. The van der Waals surface area contributed by atoms with Gasteiger partial charge in [-0.05, 0) is 53.9 Å². The fourth-order valence-electron chi connectivity index (χ4n) is 5.85. The van der Waals surface area contributed by atoms with Gasteiger partial charge in [-0.25, -0.2) is 4.79 Å². The average Bonchev–Trinajstić information content (AvgIpc) is 3.38. The van der Waals surface area contributed by atoms with Gasteiger partial charge < -0.3 is 20.1 Å². The molecule has 1 aliphatic heterocycles. The molecule has 0 bridgehead atoms. The van der Waals surface area contributed by atoms with E-state index in [1.54, 1.807) is 4.90 Å². The van der Waals surface area contributed by atoms with E-state index in [0.29, 0.717) is 13.0 Å². The number of hydrogen-bond donors (Lipinski definition) is 2. The van der Waals surface area contributed by atoms with Gasteiger partial charge >= 0.3 is 12.1 Å². The highest BCUT2D eigenvalue weighted by Crippen LogP contribution is 2.44. The lowest BCUT2D eigenvalue weighted by atomic mass is 9.78. The van der Waals surface area contributed by atoms with Crippen LogP contribution in [0.2, 0.25) is 0 Å². The second-order valence-electron chi connectivity index (χ2n) is 9.95. The molecule has 7 nitrogen and oxygen atoms in total. The quantitative estimate of drug-likeness (QED) is 0.583. The molecule has 0 spiro atoms. The molecule has 5 rings (SSSR count). The zero-order valence-corrected chi connectivity index (χ0v) is 19.8. The maximum atomic E-state index is 13.1. The molecule has 2 fully saturated rings. The van der Waals surface area contributed by atoms with E-state index in [1.165, 1.54) is 11.1 Å². The van der Waals surface area contributed by atoms with Crippen LogP contribution in [0.15, 0.2) is 48.5 Å². The third-order valence-corrected chi connectivity index (χ3v) is 7.87. The first-order valence-corrected chi connectivity index (χ1v) is 12.6. The number of aliphatic carboxylic acids is 1. The van der Waals surface area contributed by atoms with Crippen LogP contribution in [-0.4, -0.2) is 53.2 Å². The second kappa shape index (κ2) is 10.1. The van der Waals surface area contributed by atoms with Crippen LogP contribution in [0.1, 0.15) is 62.0 Å². The van der Waals surface area contributed by atoms with E-state index >= 15 is 0 Å². The summed E-state index contributed by atoms with van der Waals surface area (Å²) < 4.78 is 5.72. The number of carbonyl (C=O) groups is 3. The summed E-state index contributed by atoms with van der Waals surface area (Å²) in [4.78, 5) is 38.8. The summed E-state index contributed by atoms with van der Waals surface area (Å²) in [6, 6.07) is 15.9. The summed E-state index contributed by atoms with van der Waals surface area (Å²) in [7, 11) is 0. The molecule has 1 heterocycles. The summed E-state index contributed by atoms with van der Waals surface area (Å²) in [5.74, 6) is -0.732. The van der Waals surface area contributed by atoms with Crippen LogP contribution in [-0.2, 0) is 14.3 Å². The molecule has 2 amide bonds. The van der Waals surface area contributed by atoms with E-state index in [2.05, 4.69) is 29.6 Å². The third-order valence-electron chi connectivity index (χ3n) is 7.87. The average molecular weight is 477 g/mol. The molecule has 3 aliphatic rings. The Balaban J connectivity index is 1.22. The lowest BCUT2D eigenvalue weighted by molar-refractivity contribution is -0.140. The number of hydrogen-bond acceptors (Lipinski definition) is 4. The largest absolute Gasteiger partial charge is 0.481 e. The van der Waals surface area contributed by atoms with Crippen molar-refractivity contribution in [1.82, 2.24) is 10.2 Å². The van der Waals surface area contributed by atoms with E-state index in [-0.39, 0.29) is 49.3 Å². The highest BCUT2D eigenvalue weighted by molar-refractivity contribution is 5.80. The van der Waals surface area contributed by atoms with Crippen LogP contribution in [0, 0.1) is 5.92 Å². The van der Waals surface area contributed by atoms with E-state index in [1.807, 2.05) is 24.3 Å². The lowest BCUT2D eigenvalue weighted by Gasteiger charge is -2.35. The zero-order valence-electron chi connectivity index (χ0n) is 19.8. The van der Waals surface area contributed by atoms with Crippen molar-refractivity contribution in [3.05, 3.63) is 59.7 Å². The molecule has 2 aliphatic carbocycles. The van der Waals surface area contributed by atoms with Crippen molar-refractivity contribution in [2.75, 3.05) is 13.2 Å². The topological polar surface area (TPSA) is 95.9 Å². The third kappa shape index (κ3) is 4.90. The van der Waals surface area contributed by atoms with Crippen molar-refractivity contribution >= 4 is 18.0 Å². The summed E-state index contributed by atoms with van der Waals surface area (Å²) in [5, 5.41) is 12.1. The monoisotopic (exact) mass is 476 g/mol. The highest BCUT2D eigenvalue weighted by Gasteiger charge is 2.36. The predicted octanol–water partition coefficient (Wildman–Crippen LogP) is 4.55. The lowest BCUT2D eigenvalue weighted by Crippen LogP contribution is -2.47. The Morgan fingerprint density at radius 3 is 2.23 bits per heavy atom. The molecule has 35 heavy (non-hydrogen) atoms. The summed E-state index contributed by atoms with van der Waals surface area (Å²) >= 11 is 0. The van der Waals surface area contributed by atoms with Crippen molar-refractivity contribution in [3.63, 3.8) is 0 Å². The van der Waals surface area contributed by atoms with Gasteiger partial charge in [-0.3, -0.25) is 9.59 Å². The molecule has 0 radical (unpaired) electrons. The number of likely N-dealkylation sites (tertiary alicyclic amines) is 1. The Morgan fingerprint density at radius 1 is 0.971 bits per heavy atom. The van der Waals surface area contributed by atoms with Gasteiger partial charge in [-0.2, -0.15) is 0 Å². The highest BCUT2D eigenvalue weighted by atomic mass is 16.5. The van der Waals surface area contributed by atoms with Crippen molar-refractivity contribution in [3.8, 4) is 11.1 Å². The molecule has 184 valence electrons. The number of rotatable bonds is 8. The maximum Gasteiger partial charge on any atom is 0.407 e. The summed E-state index contributed by atoms with van der Waals surface area (Å²) in [6.45, 7) is 0.817. The zero-order chi connectivity index (χ0) is 24.4. The van der Waals surface area contributed by atoms with Crippen LogP contribution in [0.3, 0.4) is 0 Å². The number of nitrogens with zero attached hydrogens (tertiary/aromatic N) is 1. The van der Waals surface area contributed by atoms with E-state index in [9.17, 15) is 14.4 Å². The van der Waals surface area contributed by atoms with Gasteiger partial charge in [0, 0.05) is 31.0 Å². The minimum Gasteiger partial charge on any atom is -0.481 e. The van der Waals surface area contributed by atoms with E-state index in [0.717, 1.165) is 36.8 Å². The fraction of sp³-hybridized carbons (Fsp3) is 0.464. The Morgan fingerprint density at radius 2 is 1.63 bits per heavy atom. The van der Waals surface area contributed by atoms with Crippen LogP contribution in [0.4, 0.5) is 4.79 Å². The van der Waals surface area contributed by atoms with Gasteiger partial charge in [0.05, 0.1) is 6.42 Å². The Labute approximate surface area is 205 Å². The summed E-state index contributed by atoms with van der Waals surface area (Å²) in [5.41, 5.74) is 4.67. The minimum absolute atomic E-state index is 0.0155. The molecular formula is C28H32N2O5. The van der Waals surface area contributed by atoms with Crippen molar-refractivity contribution in [1.29, 1.82) is 0 Å². The number of alkyl carbamates (subject to hydrolysis) is 1. The van der Waals surface area contributed by atoms with Crippen molar-refractivity contribution < 1.29 is 24.2 Å². The van der Waals surface area contributed by atoms with Crippen molar-refractivity contribution in [2.24, 2.45) is 5.92 Å². The number of carboxylic acids is 1. The van der Waals surface area contributed by atoms with Crippen LogP contribution in [0.25, 0.3) is 11.1 Å². The van der Waals surface area contributed by atoms with Gasteiger partial charge in [-0.1, -0.05) is 55.0 Å². The summed E-state index contributed by atoms with van der Waals surface area (Å²) in [6.07, 6.45) is 4.22. The fourth-order valence-corrected chi connectivity index (χ4v) is 5.85. The first-order chi connectivity index (χ1) is 17.0. The SMILES string of the molecule is O=C(O)C[C@H]1CCCN1C(=O)CC(NC(=O)OCC1c2ccccc2-c2ccccc21)C1CCC1.